The van der Waals surface area contributed by atoms with Crippen molar-refractivity contribution >= 4 is 25.7 Å². The second-order valence-corrected chi connectivity index (χ2v) is 6.64. The molecule has 0 aliphatic rings. The summed E-state index contributed by atoms with van der Waals surface area (Å²) < 4.78 is 28.0. The molecular formula is C11H13ClO5S. The number of carboxylic acid groups (broad SMARTS) is 1. The third-order valence-corrected chi connectivity index (χ3v) is 3.37. The number of rotatable bonds is 5. The Balaban J connectivity index is 3.22. The van der Waals surface area contributed by atoms with Crippen molar-refractivity contribution in [2.24, 2.45) is 5.92 Å². The van der Waals surface area contributed by atoms with Crippen molar-refractivity contribution in [3.8, 4) is 5.75 Å². The van der Waals surface area contributed by atoms with Crippen molar-refractivity contribution in [2.75, 3.05) is 6.61 Å². The van der Waals surface area contributed by atoms with Crippen molar-refractivity contribution in [1.29, 1.82) is 0 Å². The molecule has 0 fully saturated rings. The first-order valence-electron chi connectivity index (χ1n) is 5.16. The minimum absolute atomic E-state index is 0.0590. The Kier molecular flexibility index (Phi) is 4.59. The van der Waals surface area contributed by atoms with Crippen LogP contribution in [0, 0.1) is 5.92 Å². The van der Waals surface area contributed by atoms with Gasteiger partial charge in [-0.2, -0.15) is 0 Å². The van der Waals surface area contributed by atoms with Crippen LogP contribution in [0.15, 0.2) is 23.1 Å². The lowest BCUT2D eigenvalue weighted by Crippen LogP contribution is -2.08. The lowest BCUT2D eigenvalue weighted by atomic mass is 10.2. The molecule has 0 radical (unpaired) electrons. The minimum atomic E-state index is -4.05. The van der Waals surface area contributed by atoms with Gasteiger partial charge in [0.2, 0.25) is 0 Å². The van der Waals surface area contributed by atoms with E-state index >= 15 is 0 Å². The summed E-state index contributed by atoms with van der Waals surface area (Å²) in [4.78, 5) is 10.4. The predicted molar refractivity (Wildman–Crippen MR) is 66.8 cm³/mol. The Morgan fingerprint density at radius 3 is 2.50 bits per heavy atom. The van der Waals surface area contributed by atoms with Crippen LogP contribution in [0.3, 0.4) is 0 Å². The highest BCUT2D eigenvalue weighted by Crippen LogP contribution is 2.28. The van der Waals surface area contributed by atoms with Crippen molar-refractivity contribution in [2.45, 2.75) is 18.7 Å². The molecule has 0 atom stereocenters. The van der Waals surface area contributed by atoms with E-state index in [1.54, 1.807) is 0 Å². The highest BCUT2D eigenvalue weighted by Gasteiger charge is 2.19. The molecule has 18 heavy (non-hydrogen) atoms. The molecule has 0 aliphatic heterocycles. The van der Waals surface area contributed by atoms with Crippen LogP contribution >= 0.6 is 10.7 Å². The van der Waals surface area contributed by atoms with E-state index in [4.69, 9.17) is 20.5 Å². The molecule has 100 valence electrons. The number of benzene rings is 1. The van der Waals surface area contributed by atoms with E-state index in [2.05, 4.69) is 0 Å². The molecule has 0 saturated carbocycles. The molecule has 0 saturated heterocycles. The second-order valence-electron chi connectivity index (χ2n) is 4.11. The first-order valence-corrected chi connectivity index (χ1v) is 7.47. The van der Waals surface area contributed by atoms with Crippen molar-refractivity contribution < 1.29 is 23.1 Å². The number of ether oxygens (including phenoxy) is 1. The normalized spacial score (nSPS) is 11.6. The Labute approximate surface area is 110 Å². The molecule has 0 amide bonds. The van der Waals surface area contributed by atoms with Crippen LogP contribution < -0.4 is 4.74 Å². The van der Waals surface area contributed by atoms with E-state index in [9.17, 15) is 13.2 Å². The van der Waals surface area contributed by atoms with Gasteiger partial charge in [0, 0.05) is 10.7 Å². The topological polar surface area (TPSA) is 80.7 Å². The first-order chi connectivity index (χ1) is 8.21. The van der Waals surface area contributed by atoms with Gasteiger partial charge in [0.1, 0.15) is 10.6 Å². The zero-order valence-electron chi connectivity index (χ0n) is 9.88. The average Bonchev–Trinajstić information content (AvgIpc) is 2.24. The molecule has 0 aliphatic carbocycles. The first kappa shape index (κ1) is 14.8. The van der Waals surface area contributed by atoms with Gasteiger partial charge >= 0.3 is 5.97 Å². The summed E-state index contributed by atoms with van der Waals surface area (Å²) >= 11 is 0. The number of hydrogen-bond donors (Lipinski definition) is 1. The second kappa shape index (κ2) is 5.58. The van der Waals surface area contributed by atoms with Gasteiger partial charge in [-0.25, -0.2) is 13.2 Å². The van der Waals surface area contributed by atoms with E-state index in [-0.39, 0.29) is 22.1 Å². The molecule has 1 N–H and O–H groups in total. The van der Waals surface area contributed by atoms with Gasteiger partial charge in [-0.1, -0.05) is 13.8 Å². The molecule has 0 spiro atoms. The van der Waals surface area contributed by atoms with Crippen LogP contribution in [0.4, 0.5) is 0 Å². The molecule has 0 heterocycles. The molecule has 7 heteroatoms. The van der Waals surface area contributed by atoms with E-state index < -0.39 is 15.0 Å². The smallest absolute Gasteiger partial charge is 0.335 e. The van der Waals surface area contributed by atoms with Crippen molar-refractivity contribution in [1.82, 2.24) is 0 Å². The zero-order valence-corrected chi connectivity index (χ0v) is 11.5. The molecule has 1 aromatic carbocycles. The summed E-state index contributed by atoms with van der Waals surface area (Å²) in [5.74, 6) is -0.967. The molecule has 0 unspecified atom stereocenters. The summed E-state index contributed by atoms with van der Waals surface area (Å²) in [6.45, 7) is 4.12. The lowest BCUT2D eigenvalue weighted by Gasteiger charge is -2.12. The maximum atomic E-state index is 11.4. The highest BCUT2D eigenvalue weighted by atomic mass is 35.7. The minimum Gasteiger partial charge on any atom is -0.492 e. The average molecular weight is 293 g/mol. The molecule has 0 aromatic heterocycles. The summed E-state index contributed by atoms with van der Waals surface area (Å²) in [7, 11) is 1.20. The van der Waals surface area contributed by atoms with Crippen LogP contribution in [0.5, 0.6) is 5.75 Å². The van der Waals surface area contributed by atoms with Gasteiger partial charge in [-0.15, -0.1) is 0 Å². The van der Waals surface area contributed by atoms with Gasteiger partial charge < -0.3 is 9.84 Å². The van der Waals surface area contributed by atoms with Gasteiger partial charge in [-0.05, 0) is 24.1 Å². The van der Waals surface area contributed by atoms with E-state index in [0.29, 0.717) is 6.61 Å². The highest BCUT2D eigenvalue weighted by molar-refractivity contribution is 8.13. The molecule has 1 rings (SSSR count). The van der Waals surface area contributed by atoms with Crippen LogP contribution in [-0.2, 0) is 9.05 Å². The Hall–Kier alpha value is -1.27. The van der Waals surface area contributed by atoms with Crippen molar-refractivity contribution in [3.63, 3.8) is 0 Å². The predicted octanol–water partition coefficient (Wildman–Crippen LogP) is 2.35. The van der Waals surface area contributed by atoms with Crippen molar-refractivity contribution in [3.05, 3.63) is 23.8 Å². The van der Waals surface area contributed by atoms with E-state index in [1.165, 1.54) is 12.1 Å². The SMILES string of the molecule is CC(C)COc1ccc(C(=O)O)cc1S(=O)(=O)Cl. The maximum Gasteiger partial charge on any atom is 0.335 e. The molecule has 1 aromatic rings. The zero-order chi connectivity index (χ0) is 13.9. The maximum absolute atomic E-state index is 11.4. The molecule has 0 bridgehead atoms. The quantitative estimate of drug-likeness (QED) is 0.843. The largest absolute Gasteiger partial charge is 0.492 e. The summed E-state index contributed by atoms with van der Waals surface area (Å²) in [5, 5.41) is 8.81. The van der Waals surface area contributed by atoms with Crippen LogP contribution in [0.2, 0.25) is 0 Å². The van der Waals surface area contributed by atoms with Gasteiger partial charge in [0.05, 0.1) is 12.2 Å². The van der Waals surface area contributed by atoms with Gasteiger partial charge in [0.25, 0.3) is 9.05 Å². The fourth-order valence-corrected chi connectivity index (χ4v) is 2.20. The number of carbonyl (C=O) groups is 1. The summed E-state index contributed by atoms with van der Waals surface area (Å²) in [5.41, 5.74) is -0.161. The number of aromatic carboxylic acids is 1. The van der Waals surface area contributed by atoms with Gasteiger partial charge in [-0.3, -0.25) is 0 Å². The third-order valence-electron chi connectivity index (χ3n) is 2.03. The number of halogens is 1. The van der Waals surface area contributed by atoms with Gasteiger partial charge in [0.15, 0.2) is 0 Å². The molecule has 5 nitrogen and oxygen atoms in total. The standard InChI is InChI=1S/C11H13ClO5S/c1-7(2)6-17-9-4-3-8(11(13)14)5-10(9)18(12,15)16/h3-5,7H,6H2,1-2H3,(H,13,14). The Morgan fingerprint density at radius 2 is 2.06 bits per heavy atom. The lowest BCUT2D eigenvalue weighted by molar-refractivity contribution is 0.0696. The van der Waals surface area contributed by atoms with Crippen LogP contribution in [0.1, 0.15) is 24.2 Å². The van der Waals surface area contributed by atoms with E-state index in [0.717, 1.165) is 6.07 Å². The number of hydrogen-bond acceptors (Lipinski definition) is 4. The Morgan fingerprint density at radius 1 is 1.44 bits per heavy atom. The fourth-order valence-electron chi connectivity index (χ4n) is 1.21. The third kappa shape index (κ3) is 3.89. The number of carboxylic acids is 1. The molecular weight excluding hydrogens is 280 g/mol. The van der Waals surface area contributed by atoms with E-state index in [1.807, 2.05) is 13.8 Å². The summed E-state index contributed by atoms with van der Waals surface area (Å²) in [6, 6.07) is 3.55. The monoisotopic (exact) mass is 292 g/mol. The fraction of sp³-hybridized carbons (Fsp3) is 0.364. The Bertz CT molecular complexity index is 551. The van der Waals surface area contributed by atoms with Crippen LogP contribution in [0.25, 0.3) is 0 Å². The summed E-state index contributed by atoms with van der Waals surface area (Å²) in [6.07, 6.45) is 0. The van der Waals surface area contributed by atoms with Crippen LogP contribution in [-0.4, -0.2) is 26.1 Å².